The molecule has 6 nitrogen and oxygen atoms in total. The first-order valence-electron chi connectivity index (χ1n) is 6.89. The molecule has 0 unspecified atom stereocenters. The molecule has 0 fully saturated rings. The van der Waals surface area contributed by atoms with Crippen molar-refractivity contribution in [2.45, 2.75) is 13.5 Å². The van der Waals surface area contributed by atoms with Gasteiger partial charge in [-0.15, -0.1) is 11.3 Å². The van der Waals surface area contributed by atoms with Gasteiger partial charge >= 0.3 is 5.97 Å². The number of carbonyl (C=O) groups excluding carboxylic acids is 1. The van der Waals surface area contributed by atoms with Crippen molar-refractivity contribution in [1.82, 2.24) is 9.55 Å². The number of thiophene rings is 1. The third kappa shape index (κ3) is 2.71. The zero-order valence-corrected chi connectivity index (χ0v) is 13.3. The summed E-state index contributed by atoms with van der Waals surface area (Å²) in [5.41, 5.74) is 0.136. The van der Waals surface area contributed by atoms with Gasteiger partial charge in [0.25, 0.3) is 5.56 Å². The first-order chi connectivity index (χ1) is 11.4. The Labute approximate surface area is 138 Å². The SMILES string of the molecule is Cc1c(C(=O)O)sc2ncn(CC(=O)c3ccc(F)cc3)c(=O)c12. The normalized spacial score (nSPS) is 10.9. The molecule has 2 heterocycles. The molecule has 0 atom stereocenters. The average molecular weight is 346 g/mol. The van der Waals surface area contributed by atoms with E-state index in [9.17, 15) is 18.8 Å². The van der Waals surface area contributed by atoms with Crippen LogP contribution in [0.4, 0.5) is 4.39 Å². The molecule has 0 spiro atoms. The summed E-state index contributed by atoms with van der Waals surface area (Å²) >= 11 is 0.921. The van der Waals surface area contributed by atoms with Gasteiger partial charge < -0.3 is 5.11 Å². The zero-order valence-electron chi connectivity index (χ0n) is 12.4. The molecule has 2 aromatic heterocycles. The van der Waals surface area contributed by atoms with Crippen LogP contribution in [0, 0.1) is 12.7 Å². The second kappa shape index (κ2) is 5.97. The van der Waals surface area contributed by atoms with Gasteiger partial charge in [0.05, 0.1) is 18.3 Å². The summed E-state index contributed by atoms with van der Waals surface area (Å²) in [5.74, 6) is -1.95. The minimum Gasteiger partial charge on any atom is -0.477 e. The lowest BCUT2D eigenvalue weighted by Gasteiger charge is -2.05. The molecule has 3 aromatic rings. The number of fused-ring (bicyclic) bond motifs is 1. The summed E-state index contributed by atoms with van der Waals surface area (Å²) in [5, 5.41) is 9.33. The Morgan fingerprint density at radius 2 is 1.96 bits per heavy atom. The second-order valence-corrected chi connectivity index (χ2v) is 6.15. The fourth-order valence-electron chi connectivity index (χ4n) is 2.36. The Morgan fingerprint density at radius 3 is 2.58 bits per heavy atom. The largest absolute Gasteiger partial charge is 0.477 e. The van der Waals surface area contributed by atoms with Crippen LogP contribution < -0.4 is 5.56 Å². The standard InChI is InChI=1S/C16H11FN2O4S/c1-8-12-14(24-13(8)16(22)23)18-7-19(15(12)21)6-11(20)9-2-4-10(17)5-3-9/h2-5,7H,6H2,1H3,(H,22,23). The maximum absolute atomic E-state index is 12.9. The van der Waals surface area contributed by atoms with E-state index in [1.807, 2.05) is 0 Å². The van der Waals surface area contributed by atoms with Crippen LogP contribution in [-0.4, -0.2) is 26.4 Å². The van der Waals surface area contributed by atoms with Crippen molar-refractivity contribution in [3.05, 3.63) is 62.8 Å². The Bertz CT molecular complexity index is 1020. The van der Waals surface area contributed by atoms with Crippen molar-refractivity contribution < 1.29 is 19.1 Å². The summed E-state index contributed by atoms with van der Waals surface area (Å²) < 4.78 is 14.0. The van der Waals surface area contributed by atoms with Gasteiger partial charge in [-0.25, -0.2) is 14.2 Å². The molecule has 0 aliphatic heterocycles. The Hall–Kier alpha value is -2.87. The van der Waals surface area contributed by atoms with E-state index in [1.165, 1.54) is 37.5 Å². The first-order valence-corrected chi connectivity index (χ1v) is 7.70. The molecule has 0 saturated carbocycles. The average Bonchev–Trinajstić information content (AvgIpc) is 2.88. The molecule has 0 bridgehead atoms. The Kier molecular flexibility index (Phi) is 3.98. The highest BCUT2D eigenvalue weighted by Crippen LogP contribution is 2.26. The predicted octanol–water partition coefficient (Wildman–Crippen LogP) is 2.49. The van der Waals surface area contributed by atoms with Gasteiger partial charge in [-0.3, -0.25) is 14.2 Å². The van der Waals surface area contributed by atoms with Gasteiger partial charge in [0.1, 0.15) is 15.5 Å². The number of Topliss-reactive ketones (excluding diaryl/α,β-unsaturated/α-hetero) is 1. The first kappa shape index (κ1) is 16.0. The number of carbonyl (C=O) groups is 2. The van der Waals surface area contributed by atoms with Gasteiger partial charge in [0.2, 0.25) is 0 Å². The van der Waals surface area contributed by atoms with Gasteiger partial charge in [-0.1, -0.05) is 0 Å². The fourth-order valence-corrected chi connectivity index (χ4v) is 3.34. The van der Waals surface area contributed by atoms with Crippen molar-refractivity contribution in [3.63, 3.8) is 0 Å². The summed E-state index contributed by atoms with van der Waals surface area (Å²) in [6.07, 6.45) is 1.22. The minimum atomic E-state index is -1.12. The quantitative estimate of drug-likeness (QED) is 0.733. The number of hydrogen-bond donors (Lipinski definition) is 1. The maximum Gasteiger partial charge on any atom is 0.346 e. The smallest absolute Gasteiger partial charge is 0.346 e. The van der Waals surface area contributed by atoms with Crippen LogP contribution >= 0.6 is 11.3 Å². The van der Waals surface area contributed by atoms with Gasteiger partial charge in [-0.05, 0) is 36.8 Å². The number of rotatable bonds is 4. The van der Waals surface area contributed by atoms with Crippen LogP contribution in [0.1, 0.15) is 25.6 Å². The Morgan fingerprint density at radius 1 is 1.29 bits per heavy atom. The zero-order chi connectivity index (χ0) is 17.4. The number of aromatic nitrogens is 2. The molecule has 8 heteroatoms. The molecule has 0 aliphatic carbocycles. The van der Waals surface area contributed by atoms with Crippen molar-refractivity contribution in [2.24, 2.45) is 0 Å². The highest BCUT2D eigenvalue weighted by molar-refractivity contribution is 7.20. The van der Waals surface area contributed by atoms with Crippen molar-refractivity contribution >= 4 is 33.3 Å². The number of benzene rings is 1. The second-order valence-electron chi connectivity index (χ2n) is 5.15. The molecule has 1 aromatic carbocycles. The van der Waals surface area contributed by atoms with Crippen LogP contribution in [0.2, 0.25) is 0 Å². The lowest BCUT2D eigenvalue weighted by Crippen LogP contribution is -2.24. The molecule has 0 radical (unpaired) electrons. The molecular weight excluding hydrogens is 335 g/mol. The van der Waals surface area contributed by atoms with E-state index in [0.717, 1.165) is 15.9 Å². The summed E-state index contributed by atoms with van der Waals surface area (Å²) in [6, 6.07) is 5.01. The molecule has 3 rings (SSSR count). The van der Waals surface area contributed by atoms with Crippen LogP contribution in [0.3, 0.4) is 0 Å². The number of aryl methyl sites for hydroxylation is 1. The lowest BCUT2D eigenvalue weighted by molar-refractivity contribution is 0.0701. The number of aromatic carboxylic acids is 1. The third-order valence-corrected chi connectivity index (χ3v) is 4.78. The van der Waals surface area contributed by atoms with E-state index in [2.05, 4.69) is 4.98 Å². The van der Waals surface area contributed by atoms with E-state index in [0.29, 0.717) is 10.4 Å². The number of ketones is 1. The number of carboxylic acid groups (broad SMARTS) is 1. The van der Waals surface area contributed by atoms with Gasteiger partial charge in [-0.2, -0.15) is 0 Å². The van der Waals surface area contributed by atoms with Crippen molar-refractivity contribution in [3.8, 4) is 0 Å². The minimum absolute atomic E-state index is 0.0530. The third-order valence-electron chi connectivity index (χ3n) is 3.59. The van der Waals surface area contributed by atoms with E-state index < -0.39 is 17.3 Å². The number of nitrogens with zero attached hydrogens (tertiary/aromatic N) is 2. The van der Waals surface area contributed by atoms with Crippen molar-refractivity contribution in [1.29, 1.82) is 0 Å². The van der Waals surface area contributed by atoms with E-state index >= 15 is 0 Å². The molecule has 0 amide bonds. The van der Waals surface area contributed by atoms with E-state index in [1.54, 1.807) is 0 Å². The lowest BCUT2D eigenvalue weighted by atomic mass is 10.1. The topological polar surface area (TPSA) is 89.3 Å². The number of carboxylic acids is 1. The monoisotopic (exact) mass is 346 g/mol. The predicted molar refractivity (Wildman–Crippen MR) is 86.3 cm³/mol. The highest BCUT2D eigenvalue weighted by atomic mass is 32.1. The summed E-state index contributed by atoms with van der Waals surface area (Å²) in [6.45, 7) is 1.28. The van der Waals surface area contributed by atoms with E-state index in [4.69, 9.17) is 5.11 Å². The van der Waals surface area contributed by atoms with Gasteiger partial charge in [0.15, 0.2) is 5.78 Å². The highest BCUT2D eigenvalue weighted by Gasteiger charge is 2.19. The van der Waals surface area contributed by atoms with Gasteiger partial charge in [0, 0.05) is 5.56 Å². The molecule has 0 saturated heterocycles. The van der Waals surface area contributed by atoms with Crippen LogP contribution in [0.25, 0.3) is 10.2 Å². The molecule has 122 valence electrons. The summed E-state index contributed by atoms with van der Waals surface area (Å²) in [7, 11) is 0. The molecule has 1 N–H and O–H groups in total. The number of halogens is 1. The Balaban J connectivity index is 2.01. The fraction of sp³-hybridized carbons (Fsp3) is 0.125. The summed E-state index contributed by atoms with van der Waals surface area (Å²) in [4.78, 5) is 40.4. The van der Waals surface area contributed by atoms with Crippen LogP contribution in [0.15, 0.2) is 35.4 Å². The van der Waals surface area contributed by atoms with Crippen molar-refractivity contribution in [2.75, 3.05) is 0 Å². The van der Waals surface area contributed by atoms with Crippen LogP contribution in [-0.2, 0) is 6.54 Å². The van der Waals surface area contributed by atoms with Crippen LogP contribution in [0.5, 0.6) is 0 Å². The van der Waals surface area contributed by atoms with E-state index in [-0.39, 0.29) is 28.2 Å². The molecule has 24 heavy (non-hydrogen) atoms. The number of hydrogen-bond acceptors (Lipinski definition) is 5. The maximum atomic E-state index is 12.9. The molecule has 0 aliphatic rings. The molecular formula is C16H11FN2O4S.